The maximum Gasteiger partial charge on any atom is 0.408 e. The summed E-state index contributed by atoms with van der Waals surface area (Å²) in [6.45, 7) is 6.27. The van der Waals surface area contributed by atoms with Gasteiger partial charge in [-0.15, -0.1) is 0 Å². The summed E-state index contributed by atoms with van der Waals surface area (Å²) in [4.78, 5) is 43.3. The monoisotopic (exact) mass is 323 g/mol. The number of hydrogen-bond acceptors (Lipinski definition) is 6. The third-order valence-corrected chi connectivity index (χ3v) is 2.44. The summed E-state index contributed by atoms with van der Waals surface area (Å²) in [6.07, 6.45) is 0.938. The summed E-state index contributed by atoms with van der Waals surface area (Å²) in [5.41, 5.74) is 1.87. The molecule has 1 atom stereocenters. The number of rotatable bonds is 4. The summed E-state index contributed by atoms with van der Waals surface area (Å²) in [5.74, 6) is -1.36. The van der Waals surface area contributed by atoms with Crippen molar-refractivity contribution < 1.29 is 24.0 Å². The molecule has 2 amide bonds. The van der Waals surface area contributed by atoms with Crippen molar-refractivity contribution in [2.45, 2.75) is 45.8 Å². The second-order valence-electron chi connectivity index (χ2n) is 5.78. The van der Waals surface area contributed by atoms with E-state index in [1.54, 1.807) is 45.2 Å². The number of nitrogens with zero attached hydrogens (tertiary/aromatic N) is 1. The van der Waals surface area contributed by atoms with Crippen LogP contribution in [0.5, 0.6) is 0 Å². The molecule has 0 saturated heterocycles. The van der Waals surface area contributed by atoms with E-state index in [4.69, 9.17) is 4.74 Å². The first-order valence-electron chi connectivity index (χ1n) is 7.04. The number of hydroxylamine groups is 1. The van der Waals surface area contributed by atoms with E-state index in [-0.39, 0.29) is 6.42 Å². The Labute approximate surface area is 134 Å². The molecule has 0 aliphatic rings. The molecule has 1 rings (SSSR count). The maximum atomic E-state index is 12.1. The molecule has 0 aliphatic carbocycles. The van der Waals surface area contributed by atoms with Gasteiger partial charge in [0.25, 0.3) is 5.91 Å². The summed E-state index contributed by atoms with van der Waals surface area (Å²) >= 11 is 0. The van der Waals surface area contributed by atoms with Crippen molar-refractivity contribution in [2.24, 2.45) is 0 Å². The van der Waals surface area contributed by atoms with Crippen LogP contribution in [0.15, 0.2) is 24.4 Å². The highest BCUT2D eigenvalue weighted by Crippen LogP contribution is 2.08. The van der Waals surface area contributed by atoms with E-state index in [1.165, 1.54) is 0 Å². The Bertz CT molecular complexity index is 554. The van der Waals surface area contributed by atoms with E-state index >= 15 is 0 Å². The van der Waals surface area contributed by atoms with Crippen molar-refractivity contribution in [2.75, 3.05) is 0 Å². The Hall–Kier alpha value is -2.64. The van der Waals surface area contributed by atoms with Crippen LogP contribution in [0.4, 0.5) is 4.79 Å². The quantitative estimate of drug-likeness (QED) is 0.804. The Kier molecular flexibility index (Phi) is 6.49. The second-order valence-corrected chi connectivity index (χ2v) is 5.78. The van der Waals surface area contributed by atoms with E-state index in [9.17, 15) is 14.4 Å². The summed E-state index contributed by atoms with van der Waals surface area (Å²) in [5, 5.41) is 2.44. The van der Waals surface area contributed by atoms with Gasteiger partial charge in [0.15, 0.2) is 0 Å². The van der Waals surface area contributed by atoms with Crippen molar-refractivity contribution >= 4 is 18.0 Å². The predicted molar refractivity (Wildman–Crippen MR) is 81.0 cm³/mol. The van der Waals surface area contributed by atoms with Crippen LogP contribution in [0.2, 0.25) is 0 Å². The lowest BCUT2D eigenvalue weighted by Crippen LogP contribution is -2.49. The van der Waals surface area contributed by atoms with Crippen molar-refractivity contribution in [1.82, 2.24) is 15.8 Å². The summed E-state index contributed by atoms with van der Waals surface area (Å²) < 4.78 is 5.12. The van der Waals surface area contributed by atoms with Crippen LogP contribution >= 0.6 is 0 Å². The summed E-state index contributed by atoms with van der Waals surface area (Å²) in [7, 11) is 0. The predicted octanol–water partition coefficient (Wildman–Crippen LogP) is 1.11. The molecule has 0 spiro atoms. The van der Waals surface area contributed by atoms with Crippen LogP contribution in [0.3, 0.4) is 0 Å². The highest BCUT2D eigenvalue weighted by molar-refractivity contribution is 5.86. The van der Waals surface area contributed by atoms with Crippen LogP contribution in [0.1, 0.15) is 33.4 Å². The third-order valence-electron chi connectivity index (χ3n) is 2.44. The fourth-order valence-corrected chi connectivity index (χ4v) is 1.58. The van der Waals surface area contributed by atoms with Gasteiger partial charge in [-0.25, -0.2) is 4.79 Å². The SMILES string of the molecule is CC(=O)ONC(=O)[C@H](Cc1ccccn1)NC(=O)OC(C)(C)C. The normalized spacial score (nSPS) is 12.0. The van der Waals surface area contributed by atoms with Crippen molar-refractivity contribution in [3.63, 3.8) is 0 Å². The first kappa shape index (κ1) is 18.4. The fourth-order valence-electron chi connectivity index (χ4n) is 1.58. The van der Waals surface area contributed by atoms with Crippen LogP contribution in [0.25, 0.3) is 0 Å². The minimum absolute atomic E-state index is 0.118. The van der Waals surface area contributed by atoms with Gasteiger partial charge >= 0.3 is 12.1 Å². The lowest BCUT2D eigenvalue weighted by molar-refractivity contribution is -0.156. The van der Waals surface area contributed by atoms with Gasteiger partial charge in [0.2, 0.25) is 0 Å². The molecule has 23 heavy (non-hydrogen) atoms. The fraction of sp³-hybridized carbons (Fsp3) is 0.467. The second kappa shape index (κ2) is 8.11. The Morgan fingerprint density at radius 3 is 2.48 bits per heavy atom. The Morgan fingerprint density at radius 1 is 1.26 bits per heavy atom. The molecule has 0 bridgehead atoms. The molecule has 0 radical (unpaired) electrons. The summed E-state index contributed by atoms with van der Waals surface area (Å²) in [6, 6.07) is 4.21. The van der Waals surface area contributed by atoms with Gasteiger partial charge in [0.05, 0.1) is 0 Å². The zero-order valence-electron chi connectivity index (χ0n) is 13.6. The molecule has 8 heteroatoms. The molecule has 0 aromatic carbocycles. The minimum Gasteiger partial charge on any atom is -0.444 e. The number of carbonyl (C=O) groups excluding carboxylic acids is 3. The number of hydrogen-bond donors (Lipinski definition) is 2. The number of ether oxygens (including phenoxy) is 1. The van der Waals surface area contributed by atoms with Gasteiger partial charge in [0.1, 0.15) is 11.6 Å². The van der Waals surface area contributed by atoms with Crippen LogP contribution < -0.4 is 10.8 Å². The van der Waals surface area contributed by atoms with E-state index in [0.29, 0.717) is 5.69 Å². The maximum absolute atomic E-state index is 12.1. The van der Waals surface area contributed by atoms with E-state index in [0.717, 1.165) is 6.92 Å². The van der Waals surface area contributed by atoms with Gasteiger partial charge in [-0.1, -0.05) is 6.07 Å². The molecule has 0 unspecified atom stereocenters. The van der Waals surface area contributed by atoms with Gasteiger partial charge < -0.3 is 14.9 Å². The lowest BCUT2D eigenvalue weighted by atomic mass is 10.1. The van der Waals surface area contributed by atoms with Crippen LogP contribution in [-0.4, -0.2) is 34.6 Å². The number of carbonyl (C=O) groups is 3. The van der Waals surface area contributed by atoms with Gasteiger partial charge in [0, 0.05) is 25.2 Å². The molecule has 0 saturated carbocycles. The first-order chi connectivity index (χ1) is 10.7. The number of pyridine rings is 1. The Morgan fingerprint density at radius 2 is 1.96 bits per heavy atom. The average molecular weight is 323 g/mol. The van der Waals surface area contributed by atoms with E-state index < -0.39 is 29.6 Å². The van der Waals surface area contributed by atoms with Crippen molar-refractivity contribution in [3.05, 3.63) is 30.1 Å². The third kappa shape index (κ3) is 7.79. The number of amides is 2. The number of nitrogens with one attached hydrogen (secondary N) is 2. The smallest absolute Gasteiger partial charge is 0.408 e. The first-order valence-corrected chi connectivity index (χ1v) is 7.04. The zero-order valence-corrected chi connectivity index (χ0v) is 13.6. The van der Waals surface area contributed by atoms with Crippen molar-refractivity contribution in [1.29, 1.82) is 0 Å². The standard InChI is InChI=1S/C15H21N3O5/c1-10(19)23-18-13(20)12(9-11-7-5-6-8-16-11)17-14(21)22-15(2,3)4/h5-8,12H,9H2,1-4H3,(H,17,21)(H,18,20)/t12-/m0/s1. The van der Waals surface area contributed by atoms with Gasteiger partial charge in [-0.05, 0) is 32.9 Å². The number of alkyl carbamates (subject to hydrolysis) is 1. The lowest BCUT2D eigenvalue weighted by Gasteiger charge is -2.23. The molecule has 8 nitrogen and oxygen atoms in total. The molecular formula is C15H21N3O5. The van der Waals surface area contributed by atoms with Crippen LogP contribution in [0, 0.1) is 0 Å². The molecule has 1 heterocycles. The zero-order chi connectivity index (χ0) is 17.5. The highest BCUT2D eigenvalue weighted by Gasteiger charge is 2.25. The van der Waals surface area contributed by atoms with E-state index in [1.807, 2.05) is 5.48 Å². The highest BCUT2D eigenvalue weighted by atomic mass is 16.7. The molecule has 2 N–H and O–H groups in total. The average Bonchev–Trinajstić information content (AvgIpc) is 2.43. The minimum atomic E-state index is -1.00. The molecule has 1 aromatic rings. The van der Waals surface area contributed by atoms with Gasteiger partial charge in [-0.3, -0.25) is 14.6 Å². The largest absolute Gasteiger partial charge is 0.444 e. The van der Waals surface area contributed by atoms with E-state index in [2.05, 4.69) is 15.1 Å². The Balaban J connectivity index is 2.77. The molecule has 0 fully saturated rings. The van der Waals surface area contributed by atoms with Crippen LogP contribution in [-0.2, 0) is 25.6 Å². The molecule has 0 aliphatic heterocycles. The van der Waals surface area contributed by atoms with Crippen molar-refractivity contribution in [3.8, 4) is 0 Å². The molecule has 126 valence electrons. The molecular weight excluding hydrogens is 302 g/mol. The molecule has 1 aromatic heterocycles. The topological polar surface area (TPSA) is 107 Å². The van der Waals surface area contributed by atoms with Gasteiger partial charge in [-0.2, -0.15) is 5.48 Å². The number of aromatic nitrogens is 1.